The first-order valence-electron chi connectivity index (χ1n) is 13.2. The van der Waals surface area contributed by atoms with Crippen LogP contribution in [0, 0.1) is 11.7 Å². The molecule has 38 heavy (non-hydrogen) atoms. The van der Waals surface area contributed by atoms with Gasteiger partial charge >= 0.3 is 6.03 Å². The van der Waals surface area contributed by atoms with E-state index in [1.807, 2.05) is 13.0 Å². The Balaban J connectivity index is 1.61. The molecule has 0 saturated heterocycles. The summed E-state index contributed by atoms with van der Waals surface area (Å²) in [5, 5.41) is 5.20. The van der Waals surface area contributed by atoms with Crippen molar-refractivity contribution in [1.29, 1.82) is 0 Å². The molecule has 2 amide bonds. The van der Waals surface area contributed by atoms with Crippen LogP contribution in [0.5, 0.6) is 5.75 Å². The lowest BCUT2D eigenvalue weighted by Gasteiger charge is -2.28. The van der Waals surface area contributed by atoms with Crippen LogP contribution in [-0.2, 0) is 0 Å². The number of nitrogens with one attached hydrogen (secondary N) is 2. The van der Waals surface area contributed by atoms with Crippen LogP contribution in [0.4, 0.5) is 15.0 Å². The molecule has 0 radical (unpaired) electrons. The van der Waals surface area contributed by atoms with Gasteiger partial charge in [0.25, 0.3) is 0 Å². The van der Waals surface area contributed by atoms with Crippen molar-refractivity contribution < 1.29 is 13.9 Å². The first-order valence-corrected chi connectivity index (χ1v) is 13.2. The van der Waals surface area contributed by atoms with E-state index in [9.17, 15) is 9.18 Å². The second-order valence-electron chi connectivity index (χ2n) is 10.7. The third-order valence-electron chi connectivity index (χ3n) is 7.67. The summed E-state index contributed by atoms with van der Waals surface area (Å²) in [6.07, 6.45) is 9.26. The minimum atomic E-state index is -0.481. The molecular formula is C29H33FN6O2. The van der Waals surface area contributed by atoms with E-state index in [0.29, 0.717) is 30.2 Å². The zero-order valence-electron chi connectivity index (χ0n) is 21.9. The fraction of sp³-hybridized carbons (Fsp3) is 0.379. The highest BCUT2D eigenvalue weighted by Gasteiger charge is 2.40. The standard InChI is InChI=1S/C29H33FN6O2/c1-16-22-14-20(30)8-9-21(22)27-18(5-4-10-32-27)12-24-26(19-13-25(38-16)28(31)33-15-19)23(11-17-6-7-17)34-36(24)29(37)35(2)3/h4-5,8-9,13-17,23,32,34H,6-7,10-12H2,1-3H3,(H2,31,33)/t16-,23?/m1/s1. The number of ether oxygens (including phenoxy) is 1. The molecule has 2 aromatic rings. The van der Waals surface area contributed by atoms with E-state index in [1.165, 1.54) is 25.0 Å². The maximum atomic E-state index is 14.5. The number of hydrogen-bond donors (Lipinski definition) is 3. The average Bonchev–Trinajstić information content (AvgIpc) is 3.65. The number of rotatable bonds is 2. The molecule has 0 spiro atoms. The summed E-state index contributed by atoms with van der Waals surface area (Å²) in [6.45, 7) is 2.54. The van der Waals surface area contributed by atoms with Gasteiger partial charge in [-0.05, 0) is 49.1 Å². The van der Waals surface area contributed by atoms with Crippen LogP contribution in [0.3, 0.4) is 0 Å². The highest BCUT2D eigenvalue weighted by atomic mass is 19.1. The molecule has 1 fully saturated rings. The van der Waals surface area contributed by atoms with Crippen molar-refractivity contribution in [2.24, 2.45) is 5.92 Å². The number of amides is 2. The number of allylic oxidation sites excluding steroid dienone is 2. The zero-order chi connectivity index (χ0) is 26.6. The Hall–Kier alpha value is -3.85. The Kier molecular flexibility index (Phi) is 6.10. The normalized spacial score (nSPS) is 22.5. The molecule has 2 bridgehead atoms. The molecule has 4 N–H and O–H groups in total. The number of urea groups is 1. The molecule has 8 nitrogen and oxygen atoms in total. The van der Waals surface area contributed by atoms with Gasteiger partial charge in [0.2, 0.25) is 0 Å². The number of hydrogen-bond acceptors (Lipinski definition) is 6. The van der Waals surface area contributed by atoms with Gasteiger partial charge in [-0.15, -0.1) is 0 Å². The maximum Gasteiger partial charge on any atom is 0.338 e. The van der Waals surface area contributed by atoms with Crippen molar-refractivity contribution in [1.82, 2.24) is 25.6 Å². The molecule has 4 heterocycles. The number of hydrazine groups is 1. The van der Waals surface area contributed by atoms with Crippen molar-refractivity contribution in [3.05, 3.63) is 76.4 Å². The van der Waals surface area contributed by atoms with E-state index in [1.54, 1.807) is 36.3 Å². The number of dihydropyridines is 1. The highest BCUT2D eigenvalue weighted by Crippen LogP contribution is 2.44. The predicted octanol–water partition coefficient (Wildman–Crippen LogP) is 4.60. The van der Waals surface area contributed by atoms with E-state index >= 15 is 0 Å². The molecule has 1 unspecified atom stereocenters. The molecule has 2 atom stereocenters. The first kappa shape index (κ1) is 24.5. The van der Waals surface area contributed by atoms with Gasteiger partial charge in [0.1, 0.15) is 11.9 Å². The van der Waals surface area contributed by atoms with Crippen molar-refractivity contribution in [3.8, 4) is 5.75 Å². The minimum Gasteiger partial charge on any atom is -0.482 e. The number of nitrogens with two attached hydrogens (primary N) is 1. The van der Waals surface area contributed by atoms with E-state index in [-0.39, 0.29) is 23.7 Å². The number of aromatic nitrogens is 1. The van der Waals surface area contributed by atoms with Crippen molar-refractivity contribution in [2.45, 2.75) is 44.8 Å². The Morgan fingerprint density at radius 3 is 2.87 bits per heavy atom. The number of benzene rings is 1. The van der Waals surface area contributed by atoms with Gasteiger partial charge in [-0.1, -0.05) is 25.0 Å². The summed E-state index contributed by atoms with van der Waals surface area (Å²) in [5.74, 6) is 0.992. The van der Waals surface area contributed by atoms with Crippen LogP contribution < -0.4 is 21.2 Å². The van der Waals surface area contributed by atoms with Gasteiger partial charge in [-0.2, -0.15) is 0 Å². The van der Waals surface area contributed by atoms with Crippen molar-refractivity contribution >= 4 is 23.1 Å². The van der Waals surface area contributed by atoms with Gasteiger partial charge in [0, 0.05) is 66.9 Å². The molecule has 6 rings (SSSR count). The van der Waals surface area contributed by atoms with E-state index in [2.05, 4.69) is 27.9 Å². The lowest BCUT2D eigenvalue weighted by Crippen LogP contribution is -2.46. The van der Waals surface area contributed by atoms with Gasteiger partial charge in [0.05, 0.1) is 6.04 Å². The zero-order valence-corrected chi connectivity index (χ0v) is 21.9. The summed E-state index contributed by atoms with van der Waals surface area (Å²) in [5.41, 5.74) is 16.0. The topological polar surface area (TPSA) is 95.8 Å². The number of nitrogen functional groups attached to an aromatic ring is 1. The molecular weight excluding hydrogens is 483 g/mol. The second kappa shape index (κ2) is 9.47. The fourth-order valence-electron chi connectivity index (χ4n) is 5.59. The summed E-state index contributed by atoms with van der Waals surface area (Å²) < 4.78 is 20.8. The Labute approximate surface area is 222 Å². The first-order chi connectivity index (χ1) is 18.3. The number of nitrogens with zero attached hydrogens (tertiary/aromatic N) is 3. The van der Waals surface area contributed by atoms with Crippen LogP contribution in [0.1, 0.15) is 55.4 Å². The number of pyridine rings is 1. The summed E-state index contributed by atoms with van der Waals surface area (Å²) >= 11 is 0. The van der Waals surface area contributed by atoms with Gasteiger partial charge in [0.15, 0.2) is 11.6 Å². The average molecular weight is 517 g/mol. The maximum absolute atomic E-state index is 14.5. The van der Waals surface area contributed by atoms with Crippen LogP contribution in [0.2, 0.25) is 0 Å². The Morgan fingerprint density at radius 1 is 1.29 bits per heavy atom. The molecule has 3 aliphatic heterocycles. The predicted molar refractivity (Wildman–Crippen MR) is 145 cm³/mol. The smallest absolute Gasteiger partial charge is 0.338 e. The van der Waals surface area contributed by atoms with E-state index < -0.39 is 6.10 Å². The number of carbonyl (C=O) groups excluding carboxylic acids is 1. The highest BCUT2D eigenvalue weighted by molar-refractivity contribution is 5.85. The van der Waals surface area contributed by atoms with E-state index in [4.69, 9.17) is 10.5 Å². The van der Waals surface area contributed by atoms with E-state index in [0.717, 1.165) is 40.1 Å². The minimum absolute atomic E-state index is 0.0500. The Bertz CT molecular complexity index is 1390. The van der Waals surface area contributed by atoms with Crippen LogP contribution in [0.15, 0.2) is 53.9 Å². The number of anilines is 1. The molecule has 1 aliphatic carbocycles. The van der Waals surface area contributed by atoms with Crippen LogP contribution >= 0.6 is 0 Å². The fourth-order valence-corrected chi connectivity index (χ4v) is 5.59. The number of fused-ring (bicyclic) bond motifs is 5. The molecule has 9 heteroatoms. The summed E-state index contributed by atoms with van der Waals surface area (Å²) in [4.78, 5) is 19.5. The van der Waals surface area contributed by atoms with Crippen molar-refractivity contribution in [2.75, 3.05) is 26.4 Å². The van der Waals surface area contributed by atoms with Gasteiger partial charge in [-0.3, -0.25) is 0 Å². The van der Waals surface area contributed by atoms with Gasteiger partial charge in [-0.25, -0.2) is 24.6 Å². The summed E-state index contributed by atoms with van der Waals surface area (Å²) in [6, 6.07) is 6.48. The SMILES string of the molecule is C[C@H]1Oc2cc(cnc2N)C2=C(CC3=C(NCC=C3)c3ccc(F)cc31)N(C(=O)N(C)C)NC2CC1CC1. The quantitative estimate of drug-likeness (QED) is 0.540. The molecule has 1 aromatic heterocycles. The number of halogens is 1. The number of carbonyl (C=O) groups is 1. The summed E-state index contributed by atoms with van der Waals surface area (Å²) in [7, 11) is 3.51. The molecule has 4 aliphatic rings. The largest absolute Gasteiger partial charge is 0.482 e. The molecule has 198 valence electrons. The lowest BCUT2D eigenvalue weighted by molar-refractivity contribution is 0.164. The van der Waals surface area contributed by atoms with Crippen LogP contribution in [-0.4, -0.2) is 47.6 Å². The third-order valence-corrected chi connectivity index (χ3v) is 7.67. The van der Waals surface area contributed by atoms with Crippen molar-refractivity contribution in [3.63, 3.8) is 0 Å². The second-order valence-corrected chi connectivity index (χ2v) is 10.7. The molecule has 1 aromatic carbocycles. The monoisotopic (exact) mass is 516 g/mol. The lowest BCUT2D eigenvalue weighted by atomic mass is 9.90. The molecule has 1 saturated carbocycles. The Morgan fingerprint density at radius 2 is 2.11 bits per heavy atom. The third kappa shape index (κ3) is 4.41. The van der Waals surface area contributed by atoms with Crippen LogP contribution in [0.25, 0.3) is 11.3 Å². The van der Waals surface area contributed by atoms with Gasteiger partial charge < -0.3 is 20.7 Å².